The average molecular weight is 395 g/mol. The molecule has 4 heteroatoms. The van der Waals surface area contributed by atoms with Crippen LogP contribution in [0.3, 0.4) is 0 Å². The summed E-state index contributed by atoms with van der Waals surface area (Å²) >= 11 is 0. The van der Waals surface area contributed by atoms with Gasteiger partial charge in [-0.1, -0.05) is 79.9 Å². The molecule has 1 aliphatic heterocycles. The molecule has 1 saturated carbocycles. The summed E-state index contributed by atoms with van der Waals surface area (Å²) in [4.78, 5) is 4.60. The zero-order valence-electron chi connectivity index (χ0n) is 17.2. The Hall–Kier alpha value is -1.72. The number of likely N-dealkylation sites (tertiary alicyclic amines) is 1. The summed E-state index contributed by atoms with van der Waals surface area (Å²) in [5, 5.41) is 22.2. The van der Waals surface area contributed by atoms with E-state index in [1.807, 2.05) is 12.1 Å². The van der Waals surface area contributed by atoms with Crippen molar-refractivity contribution in [1.82, 2.24) is 9.80 Å². The van der Waals surface area contributed by atoms with Crippen molar-refractivity contribution in [3.05, 3.63) is 71.8 Å². The van der Waals surface area contributed by atoms with Gasteiger partial charge in [-0.05, 0) is 24.0 Å². The summed E-state index contributed by atoms with van der Waals surface area (Å²) in [6.45, 7) is 2.76. The Morgan fingerprint density at radius 3 is 1.69 bits per heavy atom. The number of β-amino-alcohol motifs (C(OH)–C–C–N with tert-alkyl or cyclic N) is 2. The highest BCUT2D eigenvalue weighted by molar-refractivity contribution is 5.18. The van der Waals surface area contributed by atoms with Gasteiger partial charge in [0.2, 0.25) is 0 Å². The van der Waals surface area contributed by atoms with Crippen LogP contribution >= 0.6 is 0 Å². The number of benzene rings is 2. The maximum Gasteiger partial charge on any atom is 0.0848 e. The van der Waals surface area contributed by atoms with Gasteiger partial charge in [0.05, 0.1) is 18.2 Å². The van der Waals surface area contributed by atoms with Crippen LogP contribution in [0, 0.1) is 0 Å². The first kappa shape index (κ1) is 20.5. The van der Waals surface area contributed by atoms with Crippen LogP contribution in [0.1, 0.15) is 43.2 Å². The van der Waals surface area contributed by atoms with Gasteiger partial charge >= 0.3 is 0 Å². The summed E-state index contributed by atoms with van der Waals surface area (Å²) in [6, 6.07) is 21.0. The van der Waals surface area contributed by atoms with Gasteiger partial charge in [-0.15, -0.1) is 0 Å². The van der Waals surface area contributed by atoms with Crippen LogP contribution in [-0.4, -0.2) is 57.4 Å². The highest BCUT2D eigenvalue weighted by Crippen LogP contribution is 2.28. The third-order valence-electron chi connectivity index (χ3n) is 6.60. The van der Waals surface area contributed by atoms with Crippen LogP contribution < -0.4 is 0 Å². The number of hydrogen-bond donors (Lipinski definition) is 2. The second-order valence-electron chi connectivity index (χ2n) is 8.75. The Bertz CT molecular complexity index is 680. The standard InChI is InChI=1S/C25H34N2O2/c28-23-18-26(22-14-8-3-9-15-22)19-24(29)25(23)27(16-20-10-4-1-5-11-20)17-21-12-6-2-7-13-21/h1-2,4-7,10-13,22-25,28-29H,3,8-9,14-19H2/t23-,24-/m0/s1. The number of hydrogen-bond acceptors (Lipinski definition) is 4. The first-order valence-corrected chi connectivity index (χ1v) is 11.1. The van der Waals surface area contributed by atoms with Gasteiger partial charge in [-0.2, -0.15) is 0 Å². The van der Waals surface area contributed by atoms with Crippen molar-refractivity contribution in [1.29, 1.82) is 0 Å². The molecule has 0 radical (unpaired) electrons. The van der Waals surface area contributed by atoms with E-state index in [2.05, 4.69) is 58.3 Å². The van der Waals surface area contributed by atoms with Crippen molar-refractivity contribution in [2.75, 3.05) is 13.1 Å². The molecule has 2 aromatic carbocycles. The highest BCUT2D eigenvalue weighted by Gasteiger charge is 2.40. The van der Waals surface area contributed by atoms with E-state index in [0.717, 1.165) is 13.1 Å². The molecule has 4 nitrogen and oxygen atoms in total. The molecular weight excluding hydrogens is 360 g/mol. The second-order valence-corrected chi connectivity index (χ2v) is 8.75. The summed E-state index contributed by atoms with van der Waals surface area (Å²) in [5.74, 6) is 0. The Labute approximate surface area is 174 Å². The quantitative estimate of drug-likeness (QED) is 0.788. The lowest BCUT2D eigenvalue weighted by Gasteiger charge is -2.47. The Morgan fingerprint density at radius 2 is 1.21 bits per heavy atom. The predicted octanol–water partition coefficient (Wildman–Crippen LogP) is 3.43. The van der Waals surface area contributed by atoms with Crippen LogP contribution in [0.5, 0.6) is 0 Å². The molecule has 4 rings (SSSR count). The maximum atomic E-state index is 11.1. The van der Waals surface area contributed by atoms with Gasteiger partial charge in [0, 0.05) is 32.2 Å². The number of nitrogens with zero attached hydrogens (tertiary/aromatic N) is 2. The number of piperidine rings is 1. The lowest BCUT2D eigenvalue weighted by Crippen LogP contribution is -2.63. The largest absolute Gasteiger partial charge is 0.390 e. The molecule has 0 aromatic heterocycles. The minimum Gasteiger partial charge on any atom is -0.390 e. The molecule has 0 bridgehead atoms. The van der Waals surface area contributed by atoms with Gasteiger partial charge in [0.25, 0.3) is 0 Å². The Morgan fingerprint density at radius 1 is 0.724 bits per heavy atom. The Balaban J connectivity index is 1.51. The van der Waals surface area contributed by atoms with Crippen LogP contribution in [0.2, 0.25) is 0 Å². The highest BCUT2D eigenvalue weighted by atomic mass is 16.3. The summed E-state index contributed by atoms with van der Waals surface area (Å²) < 4.78 is 0. The fourth-order valence-corrected chi connectivity index (χ4v) is 5.16. The first-order valence-electron chi connectivity index (χ1n) is 11.1. The summed E-state index contributed by atoms with van der Waals surface area (Å²) in [5.41, 5.74) is 2.41. The molecule has 0 unspecified atom stereocenters. The van der Waals surface area contributed by atoms with Crippen molar-refractivity contribution in [2.45, 2.75) is 69.5 Å². The first-order chi connectivity index (χ1) is 14.2. The van der Waals surface area contributed by atoms with Crippen molar-refractivity contribution < 1.29 is 10.2 Å². The van der Waals surface area contributed by atoms with E-state index in [-0.39, 0.29) is 6.04 Å². The molecule has 1 heterocycles. The van der Waals surface area contributed by atoms with Crippen LogP contribution in [0.4, 0.5) is 0 Å². The zero-order chi connectivity index (χ0) is 20.1. The van der Waals surface area contributed by atoms with E-state index in [1.165, 1.54) is 43.2 Å². The maximum absolute atomic E-state index is 11.1. The van der Waals surface area contributed by atoms with Gasteiger partial charge in [0.15, 0.2) is 0 Å². The third kappa shape index (κ3) is 5.26. The number of aliphatic hydroxyl groups is 2. The lowest BCUT2D eigenvalue weighted by molar-refractivity contribution is -0.101. The molecule has 1 aliphatic carbocycles. The molecule has 2 N–H and O–H groups in total. The van der Waals surface area contributed by atoms with E-state index in [4.69, 9.17) is 0 Å². The van der Waals surface area contributed by atoms with Crippen molar-refractivity contribution >= 4 is 0 Å². The van der Waals surface area contributed by atoms with Gasteiger partial charge in [-0.25, -0.2) is 0 Å². The fourth-order valence-electron chi connectivity index (χ4n) is 5.16. The number of aliphatic hydroxyl groups excluding tert-OH is 2. The van der Waals surface area contributed by atoms with E-state index >= 15 is 0 Å². The van der Waals surface area contributed by atoms with Crippen LogP contribution in [0.25, 0.3) is 0 Å². The van der Waals surface area contributed by atoms with E-state index < -0.39 is 12.2 Å². The monoisotopic (exact) mass is 394 g/mol. The molecule has 2 aromatic rings. The van der Waals surface area contributed by atoms with E-state index in [0.29, 0.717) is 19.1 Å². The van der Waals surface area contributed by atoms with Crippen LogP contribution in [-0.2, 0) is 13.1 Å². The number of rotatable bonds is 6. The Kier molecular flexibility index (Phi) is 6.98. The van der Waals surface area contributed by atoms with Crippen molar-refractivity contribution in [2.24, 2.45) is 0 Å². The van der Waals surface area contributed by atoms with Gasteiger partial charge in [0.1, 0.15) is 0 Å². The SMILES string of the molecule is O[C@H]1CN(C2CCCCC2)C[C@H](O)C1N(Cc1ccccc1)Cc1ccccc1. The van der Waals surface area contributed by atoms with E-state index in [9.17, 15) is 10.2 Å². The van der Waals surface area contributed by atoms with Crippen molar-refractivity contribution in [3.8, 4) is 0 Å². The molecule has 2 aliphatic rings. The molecule has 156 valence electrons. The van der Waals surface area contributed by atoms with E-state index in [1.54, 1.807) is 0 Å². The van der Waals surface area contributed by atoms with Crippen LogP contribution in [0.15, 0.2) is 60.7 Å². The molecule has 2 atom stereocenters. The molecule has 29 heavy (non-hydrogen) atoms. The summed E-state index contributed by atoms with van der Waals surface area (Å²) in [7, 11) is 0. The lowest BCUT2D eigenvalue weighted by atomic mass is 9.89. The molecular formula is C25H34N2O2. The smallest absolute Gasteiger partial charge is 0.0848 e. The molecule has 1 saturated heterocycles. The second kappa shape index (κ2) is 9.86. The van der Waals surface area contributed by atoms with Gasteiger partial charge in [-0.3, -0.25) is 9.80 Å². The van der Waals surface area contributed by atoms with Gasteiger partial charge < -0.3 is 10.2 Å². The predicted molar refractivity (Wildman–Crippen MR) is 116 cm³/mol. The molecule has 2 fully saturated rings. The molecule has 0 amide bonds. The fraction of sp³-hybridized carbons (Fsp3) is 0.520. The zero-order valence-corrected chi connectivity index (χ0v) is 17.2. The summed E-state index contributed by atoms with van der Waals surface area (Å²) in [6.07, 6.45) is 5.15. The molecule has 0 spiro atoms. The normalized spacial score (nSPS) is 24.8. The third-order valence-corrected chi connectivity index (χ3v) is 6.60. The topological polar surface area (TPSA) is 46.9 Å². The minimum atomic E-state index is -0.548. The average Bonchev–Trinajstić information content (AvgIpc) is 2.75. The van der Waals surface area contributed by atoms with Crippen molar-refractivity contribution in [3.63, 3.8) is 0 Å². The minimum absolute atomic E-state index is 0.254.